The van der Waals surface area contributed by atoms with E-state index in [4.69, 9.17) is 5.11 Å². The van der Waals surface area contributed by atoms with Crippen molar-refractivity contribution < 1.29 is 19.8 Å². The fourth-order valence-electron chi connectivity index (χ4n) is 3.54. The van der Waals surface area contributed by atoms with Gasteiger partial charge in [0.15, 0.2) is 0 Å². The Morgan fingerprint density at radius 2 is 2.07 bits per heavy atom. The summed E-state index contributed by atoms with van der Waals surface area (Å²) < 4.78 is 0. The average Bonchev–Trinajstić information content (AvgIpc) is 3.02. The molecule has 0 radical (unpaired) electrons. The number of hydrogen-bond acceptors (Lipinski definition) is 3. The number of aliphatic hydroxyl groups is 1. The first-order chi connectivity index (χ1) is 13.5. The number of unbranched alkanes of at least 4 members (excludes halogenated alkanes) is 3. The van der Waals surface area contributed by atoms with Crippen LogP contribution in [0.5, 0.6) is 0 Å². The lowest BCUT2D eigenvalue weighted by Gasteiger charge is -2.22. The molecule has 1 aromatic rings. The van der Waals surface area contributed by atoms with Crippen LogP contribution in [0.25, 0.3) is 6.08 Å². The minimum atomic E-state index is -0.755. The molecule has 1 heterocycles. The number of nitrogens with zero attached hydrogens (tertiary/aromatic N) is 1. The van der Waals surface area contributed by atoms with Crippen molar-refractivity contribution in [1.82, 2.24) is 4.90 Å². The summed E-state index contributed by atoms with van der Waals surface area (Å²) in [5, 5.41) is 19.1. The number of rotatable bonds is 11. The maximum absolute atomic E-state index is 12.2. The highest BCUT2D eigenvalue weighted by molar-refractivity contribution is 5.79. The molecule has 0 aliphatic carbocycles. The molecule has 0 saturated carbocycles. The van der Waals surface area contributed by atoms with Crippen LogP contribution < -0.4 is 0 Å². The third-order valence-electron chi connectivity index (χ3n) is 5.04. The van der Waals surface area contributed by atoms with Crippen LogP contribution in [0, 0.1) is 0 Å². The van der Waals surface area contributed by atoms with Gasteiger partial charge in [0.25, 0.3) is 0 Å². The van der Waals surface area contributed by atoms with E-state index >= 15 is 0 Å². The van der Waals surface area contributed by atoms with Crippen molar-refractivity contribution in [2.75, 3.05) is 6.54 Å². The van der Waals surface area contributed by atoms with Gasteiger partial charge in [-0.05, 0) is 43.4 Å². The predicted octanol–water partition coefficient (Wildman–Crippen LogP) is 4.34. The largest absolute Gasteiger partial charge is 0.481 e. The normalized spacial score (nSPS) is 18.4. The van der Waals surface area contributed by atoms with Gasteiger partial charge in [0.1, 0.15) is 0 Å². The highest BCUT2D eigenvalue weighted by Crippen LogP contribution is 2.23. The molecule has 5 nitrogen and oxygen atoms in total. The maximum Gasteiger partial charge on any atom is 0.303 e. The summed E-state index contributed by atoms with van der Waals surface area (Å²) >= 11 is 0. The van der Waals surface area contributed by atoms with Crippen LogP contribution in [0.15, 0.2) is 42.5 Å². The number of carboxylic acids is 1. The lowest BCUT2D eigenvalue weighted by atomic mass is 10.0. The van der Waals surface area contributed by atoms with E-state index < -0.39 is 12.1 Å². The fourth-order valence-corrected chi connectivity index (χ4v) is 3.54. The quantitative estimate of drug-likeness (QED) is 0.439. The summed E-state index contributed by atoms with van der Waals surface area (Å²) in [4.78, 5) is 24.6. The van der Waals surface area contributed by atoms with E-state index in [1.165, 1.54) is 0 Å². The Labute approximate surface area is 167 Å². The fraction of sp³-hybridized carbons (Fsp3) is 0.478. The molecule has 0 bridgehead atoms. The summed E-state index contributed by atoms with van der Waals surface area (Å²) in [5.74, 6) is -0.598. The van der Waals surface area contributed by atoms with Crippen LogP contribution in [-0.4, -0.2) is 39.6 Å². The molecule has 1 amide bonds. The number of hydrogen-bond donors (Lipinski definition) is 2. The van der Waals surface area contributed by atoms with Crippen molar-refractivity contribution >= 4 is 18.0 Å². The van der Waals surface area contributed by atoms with Gasteiger partial charge in [0.2, 0.25) is 5.91 Å². The number of carbonyl (C=O) groups is 2. The molecule has 152 valence electrons. The first-order valence-corrected chi connectivity index (χ1v) is 10.1. The van der Waals surface area contributed by atoms with Crippen LogP contribution in [-0.2, 0) is 9.59 Å². The van der Waals surface area contributed by atoms with E-state index in [1.54, 1.807) is 6.08 Å². The molecule has 2 rings (SSSR count). The number of amides is 1. The van der Waals surface area contributed by atoms with Gasteiger partial charge in [0.05, 0.1) is 12.1 Å². The second-order valence-electron chi connectivity index (χ2n) is 7.25. The van der Waals surface area contributed by atoms with Crippen LogP contribution in [0.4, 0.5) is 0 Å². The molecule has 2 atom stereocenters. The first kappa shape index (κ1) is 21.9. The van der Waals surface area contributed by atoms with Crippen molar-refractivity contribution in [2.24, 2.45) is 0 Å². The highest BCUT2D eigenvalue weighted by Gasteiger charge is 2.28. The molecule has 28 heavy (non-hydrogen) atoms. The van der Waals surface area contributed by atoms with E-state index in [0.717, 1.165) is 36.8 Å². The summed E-state index contributed by atoms with van der Waals surface area (Å²) in [6.07, 6.45) is 11.9. The number of benzene rings is 1. The molecule has 2 N–H and O–H groups in total. The number of carboxylic acid groups (broad SMARTS) is 1. The number of allylic oxidation sites excluding steroid dienone is 1. The zero-order valence-corrected chi connectivity index (χ0v) is 16.6. The Balaban J connectivity index is 1.86. The van der Waals surface area contributed by atoms with Crippen molar-refractivity contribution in [3.05, 3.63) is 53.6 Å². The molecule has 1 aliphatic rings. The van der Waals surface area contributed by atoms with Crippen molar-refractivity contribution in [2.45, 2.75) is 64.0 Å². The molecule has 5 heteroatoms. The van der Waals surface area contributed by atoms with Crippen molar-refractivity contribution in [3.63, 3.8) is 0 Å². The van der Waals surface area contributed by atoms with Crippen LogP contribution in [0.3, 0.4) is 0 Å². The zero-order valence-electron chi connectivity index (χ0n) is 16.6. The molecule has 1 saturated heterocycles. The predicted molar refractivity (Wildman–Crippen MR) is 111 cm³/mol. The minimum absolute atomic E-state index is 0.0277. The molecule has 1 fully saturated rings. The summed E-state index contributed by atoms with van der Waals surface area (Å²) in [6, 6.07) is 7.81. The van der Waals surface area contributed by atoms with E-state index in [1.807, 2.05) is 54.3 Å². The monoisotopic (exact) mass is 385 g/mol. The summed E-state index contributed by atoms with van der Waals surface area (Å²) in [5.41, 5.74) is 1.88. The number of carbonyl (C=O) groups excluding carboxylic acids is 1. The van der Waals surface area contributed by atoms with Crippen LogP contribution >= 0.6 is 0 Å². The zero-order chi connectivity index (χ0) is 20.4. The molecule has 1 aromatic carbocycles. The Morgan fingerprint density at radius 1 is 1.29 bits per heavy atom. The van der Waals surface area contributed by atoms with Crippen LogP contribution in [0.1, 0.15) is 69.1 Å². The SMILES string of the molecule is CC=Cc1cccc([C@H](O)C=CC2CCC(=O)N2CCCCCCC(=O)O)c1. The Hall–Kier alpha value is -2.40. The lowest BCUT2D eigenvalue weighted by molar-refractivity contribution is -0.137. The van der Waals surface area contributed by atoms with Gasteiger partial charge in [-0.15, -0.1) is 0 Å². The lowest BCUT2D eigenvalue weighted by Crippen LogP contribution is -2.32. The molecule has 0 spiro atoms. The van der Waals surface area contributed by atoms with Gasteiger partial charge in [-0.3, -0.25) is 9.59 Å². The van der Waals surface area contributed by atoms with Crippen molar-refractivity contribution in [3.8, 4) is 0 Å². The topological polar surface area (TPSA) is 77.8 Å². The molecule has 1 aliphatic heterocycles. The second-order valence-corrected chi connectivity index (χ2v) is 7.25. The highest BCUT2D eigenvalue weighted by atomic mass is 16.4. The Morgan fingerprint density at radius 3 is 2.82 bits per heavy atom. The second kappa shape index (κ2) is 11.4. The number of aliphatic hydroxyl groups excluding tert-OH is 1. The van der Waals surface area contributed by atoms with Gasteiger partial charge in [0, 0.05) is 19.4 Å². The standard InChI is InChI=1S/C23H31NO4/c1-2-8-18-9-7-10-19(17-18)21(25)14-12-20-13-15-22(26)24(20)16-6-4-3-5-11-23(27)28/h2,7-10,12,14,17,20-21,25H,3-6,11,13,15-16H2,1H3,(H,27,28)/t20?,21-/m1/s1. The van der Waals surface area contributed by atoms with Gasteiger partial charge < -0.3 is 15.1 Å². The van der Waals surface area contributed by atoms with E-state index in [9.17, 15) is 14.7 Å². The smallest absolute Gasteiger partial charge is 0.303 e. The molecule has 0 aromatic heterocycles. The van der Waals surface area contributed by atoms with E-state index in [-0.39, 0.29) is 18.4 Å². The van der Waals surface area contributed by atoms with Crippen molar-refractivity contribution in [1.29, 1.82) is 0 Å². The van der Waals surface area contributed by atoms with Gasteiger partial charge in [-0.25, -0.2) is 0 Å². The summed E-state index contributed by atoms with van der Waals surface area (Å²) in [7, 11) is 0. The van der Waals surface area contributed by atoms with Crippen LogP contribution in [0.2, 0.25) is 0 Å². The average molecular weight is 386 g/mol. The Bertz CT molecular complexity index is 710. The molecule has 1 unspecified atom stereocenters. The minimum Gasteiger partial charge on any atom is -0.481 e. The molecular weight excluding hydrogens is 354 g/mol. The number of aliphatic carboxylic acids is 1. The maximum atomic E-state index is 12.2. The van der Waals surface area contributed by atoms with Gasteiger partial charge in [-0.2, -0.15) is 0 Å². The van der Waals surface area contributed by atoms with Gasteiger partial charge in [-0.1, -0.05) is 55.3 Å². The van der Waals surface area contributed by atoms with Gasteiger partial charge >= 0.3 is 5.97 Å². The number of likely N-dealkylation sites (tertiary alicyclic amines) is 1. The first-order valence-electron chi connectivity index (χ1n) is 10.1. The summed E-state index contributed by atoms with van der Waals surface area (Å²) in [6.45, 7) is 2.65. The third kappa shape index (κ3) is 6.97. The Kier molecular flexibility index (Phi) is 8.95. The van der Waals surface area contributed by atoms with E-state index in [2.05, 4.69) is 0 Å². The third-order valence-corrected chi connectivity index (χ3v) is 5.04. The van der Waals surface area contributed by atoms with E-state index in [0.29, 0.717) is 19.4 Å². The molecular formula is C23H31NO4.